The Hall–Kier alpha value is -2.02. The Morgan fingerprint density at radius 3 is 2.52 bits per heavy atom. The van der Waals surface area contributed by atoms with Crippen molar-refractivity contribution in [2.45, 2.75) is 25.6 Å². The van der Waals surface area contributed by atoms with E-state index in [2.05, 4.69) is 21.6 Å². The van der Waals surface area contributed by atoms with Crippen LogP contribution < -0.4 is 4.74 Å². The number of benzene rings is 1. The molecule has 0 aliphatic carbocycles. The highest BCUT2D eigenvalue weighted by atomic mass is 19.4. The van der Waals surface area contributed by atoms with Crippen LogP contribution in [0.3, 0.4) is 0 Å². The number of hydrogen-bond acceptors (Lipinski definition) is 3. The summed E-state index contributed by atoms with van der Waals surface area (Å²) in [5, 5.41) is 0. The van der Waals surface area contributed by atoms with Gasteiger partial charge < -0.3 is 14.5 Å². The molecule has 124 valence electrons. The number of halogens is 3. The molecule has 1 fully saturated rings. The average Bonchev–Trinajstić information content (AvgIpc) is 2.91. The minimum atomic E-state index is -4.68. The second kappa shape index (κ2) is 6.23. The lowest BCUT2D eigenvalue weighted by Crippen LogP contribution is -2.33. The Balaban J connectivity index is 1.74. The van der Waals surface area contributed by atoms with E-state index in [0.717, 1.165) is 36.7 Å². The predicted octanol–water partition coefficient (Wildman–Crippen LogP) is 4.12. The molecule has 3 rings (SSSR count). The molecule has 0 spiro atoms. The lowest BCUT2D eigenvalue weighted by Gasteiger charge is -2.32. The monoisotopic (exact) mass is 326 g/mol. The number of H-pyrrole nitrogens is 1. The second-order valence-electron chi connectivity index (χ2n) is 5.57. The van der Waals surface area contributed by atoms with Crippen LogP contribution in [0.1, 0.15) is 25.1 Å². The molecule has 23 heavy (non-hydrogen) atoms. The molecule has 0 unspecified atom stereocenters. The van der Waals surface area contributed by atoms with Crippen molar-refractivity contribution in [1.29, 1.82) is 0 Å². The molecule has 1 aliphatic heterocycles. The summed E-state index contributed by atoms with van der Waals surface area (Å²) >= 11 is 0. The zero-order valence-electron chi connectivity index (χ0n) is 12.6. The first kappa shape index (κ1) is 15.9. The maximum absolute atomic E-state index is 12.2. The molecule has 0 saturated carbocycles. The van der Waals surface area contributed by atoms with Crippen LogP contribution in [0.4, 0.5) is 13.2 Å². The van der Waals surface area contributed by atoms with E-state index in [1.165, 1.54) is 12.1 Å². The van der Waals surface area contributed by atoms with Crippen molar-refractivity contribution in [3.8, 4) is 17.0 Å². The van der Waals surface area contributed by atoms with E-state index in [1.54, 1.807) is 18.3 Å². The van der Waals surface area contributed by atoms with Crippen LogP contribution in [0.15, 0.2) is 30.5 Å². The third kappa shape index (κ3) is 3.67. The molecule has 2 heterocycles. The van der Waals surface area contributed by atoms with Crippen molar-refractivity contribution in [1.82, 2.24) is 9.97 Å². The van der Waals surface area contributed by atoms with Gasteiger partial charge in [-0.15, -0.1) is 13.2 Å². The van der Waals surface area contributed by atoms with Gasteiger partial charge in [0.25, 0.3) is 0 Å². The fourth-order valence-electron chi connectivity index (χ4n) is 2.74. The Bertz CT molecular complexity index is 648. The second-order valence-corrected chi connectivity index (χ2v) is 5.57. The van der Waals surface area contributed by atoms with Gasteiger partial charge in [0, 0.05) is 11.8 Å². The van der Waals surface area contributed by atoms with Crippen LogP contribution >= 0.6 is 0 Å². The van der Waals surface area contributed by atoms with Gasteiger partial charge in [0.05, 0.1) is 25.1 Å². The van der Waals surface area contributed by atoms with Crippen LogP contribution in [0.5, 0.6) is 5.75 Å². The molecule has 1 aliphatic rings. The molecule has 2 aromatic rings. The van der Waals surface area contributed by atoms with Crippen molar-refractivity contribution in [2.24, 2.45) is 5.92 Å². The minimum absolute atomic E-state index is 0.237. The number of aromatic amines is 1. The largest absolute Gasteiger partial charge is 0.573 e. The number of imidazole rings is 1. The highest BCUT2D eigenvalue weighted by Crippen LogP contribution is 2.33. The number of rotatable bonds is 5. The van der Waals surface area contributed by atoms with Gasteiger partial charge in [-0.25, -0.2) is 4.98 Å². The quantitative estimate of drug-likeness (QED) is 0.899. The van der Waals surface area contributed by atoms with E-state index in [9.17, 15) is 13.2 Å². The summed E-state index contributed by atoms with van der Waals surface area (Å²) < 4.78 is 45.6. The molecule has 7 heteroatoms. The first-order valence-electron chi connectivity index (χ1n) is 7.45. The van der Waals surface area contributed by atoms with Gasteiger partial charge in [-0.3, -0.25) is 0 Å². The van der Waals surface area contributed by atoms with E-state index in [-0.39, 0.29) is 5.75 Å². The normalized spacial score (nSPS) is 16.9. The van der Waals surface area contributed by atoms with Gasteiger partial charge in [0.15, 0.2) is 0 Å². The zero-order chi connectivity index (χ0) is 16.4. The van der Waals surface area contributed by atoms with E-state index >= 15 is 0 Å². The van der Waals surface area contributed by atoms with Gasteiger partial charge >= 0.3 is 6.36 Å². The SMILES string of the molecule is CC[C@@H](c1ncc(-c2ccc(OC(F)(F)F)cc2)[nH]1)C1COC1. The molecular formula is C16H17F3N2O2. The summed E-state index contributed by atoms with van der Waals surface area (Å²) in [5.41, 5.74) is 1.54. The Kier molecular flexibility index (Phi) is 4.30. The van der Waals surface area contributed by atoms with Gasteiger partial charge in [-0.2, -0.15) is 0 Å². The molecular weight excluding hydrogens is 309 g/mol. The molecule has 0 amide bonds. The van der Waals surface area contributed by atoms with Gasteiger partial charge in [0.1, 0.15) is 11.6 Å². The highest BCUT2D eigenvalue weighted by Gasteiger charge is 2.31. The third-order valence-corrected chi connectivity index (χ3v) is 4.02. The predicted molar refractivity (Wildman–Crippen MR) is 78.0 cm³/mol. The van der Waals surface area contributed by atoms with E-state index in [0.29, 0.717) is 11.8 Å². The molecule has 0 radical (unpaired) electrons. The van der Waals surface area contributed by atoms with Crippen molar-refractivity contribution in [3.05, 3.63) is 36.3 Å². The lowest BCUT2D eigenvalue weighted by molar-refractivity contribution is -0.274. The number of ether oxygens (including phenoxy) is 2. The zero-order valence-corrected chi connectivity index (χ0v) is 12.6. The van der Waals surface area contributed by atoms with Crippen molar-refractivity contribution in [3.63, 3.8) is 0 Å². The number of hydrogen-bond donors (Lipinski definition) is 1. The number of nitrogens with one attached hydrogen (secondary N) is 1. The summed E-state index contributed by atoms with van der Waals surface area (Å²) in [7, 11) is 0. The molecule has 1 aromatic heterocycles. The average molecular weight is 326 g/mol. The Labute approximate surface area is 131 Å². The summed E-state index contributed by atoms with van der Waals surface area (Å²) in [6, 6.07) is 5.73. The first-order valence-corrected chi connectivity index (χ1v) is 7.45. The molecule has 1 aromatic carbocycles. The fraction of sp³-hybridized carbons (Fsp3) is 0.438. The summed E-state index contributed by atoms with van der Waals surface area (Å²) in [5.74, 6) is 1.44. The van der Waals surface area contributed by atoms with Crippen LogP contribution in [0.2, 0.25) is 0 Å². The van der Waals surface area contributed by atoms with E-state index in [1.807, 2.05) is 0 Å². The molecule has 1 N–H and O–H groups in total. The Morgan fingerprint density at radius 2 is 2.00 bits per heavy atom. The van der Waals surface area contributed by atoms with Crippen molar-refractivity contribution >= 4 is 0 Å². The van der Waals surface area contributed by atoms with Crippen LogP contribution in [-0.2, 0) is 4.74 Å². The van der Waals surface area contributed by atoms with Crippen LogP contribution in [0, 0.1) is 5.92 Å². The van der Waals surface area contributed by atoms with E-state index in [4.69, 9.17) is 4.74 Å². The maximum atomic E-state index is 12.2. The van der Waals surface area contributed by atoms with Gasteiger partial charge in [0.2, 0.25) is 0 Å². The van der Waals surface area contributed by atoms with Gasteiger partial charge in [-0.1, -0.05) is 6.92 Å². The van der Waals surface area contributed by atoms with Crippen molar-refractivity contribution < 1.29 is 22.6 Å². The van der Waals surface area contributed by atoms with Crippen LogP contribution in [0.25, 0.3) is 11.3 Å². The standard InChI is InChI=1S/C16H17F3N2O2/c1-2-13(11-8-22-9-11)15-20-7-14(21-15)10-3-5-12(6-4-10)23-16(17,18)19/h3-7,11,13H,2,8-9H2,1H3,(H,20,21)/t13-/m1/s1. The molecule has 4 nitrogen and oxygen atoms in total. The Morgan fingerprint density at radius 1 is 1.30 bits per heavy atom. The number of alkyl halides is 3. The van der Waals surface area contributed by atoms with E-state index < -0.39 is 6.36 Å². The number of nitrogens with zero attached hydrogens (tertiary/aromatic N) is 1. The maximum Gasteiger partial charge on any atom is 0.573 e. The smallest absolute Gasteiger partial charge is 0.406 e. The molecule has 1 saturated heterocycles. The highest BCUT2D eigenvalue weighted by molar-refractivity contribution is 5.59. The number of aromatic nitrogens is 2. The van der Waals surface area contributed by atoms with Crippen LogP contribution in [-0.4, -0.2) is 29.5 Å². The topological polar surface area (TPSA) is 47.1 Å². The van der Waals surface area contributed by atoms with Crippen molar-refractivity contribution in [2.75, 3.05) is 13.2 Å². The van der Waals surface area contributed by atoms with Gasteiger partial charge in [-0.05, 0) is 36.2 Å². The minimum Gasteiger partial charge on any atom is -0.406 e. The fourth-order valence-corrected chi connectivity index (χ4v) is 2.74. The molecule has 0 bridgehead atoms. The molecule has 1 atom stereocenters. The first-order chi connectivity index (χ1) is 11.0. The summed E-state index contributed by atoms with van der Waals surface area (Å²) in [4.78, 5) is 7.69. The summed E-state index contributed by atoms with van der Waals surface area (Å²) in [6.07, 6.45) is -2.02. The summed E-state index contributed by atoms with van der Waals surface area (Å²) in [6.45, 7) is 3.60. The third-order valence-electron chi connectivity index (χ3n) is 4.02. The lowest BCUT2D eigenvalue weighted by atomic mass is 9.88.